The molecule has 2 aromatic rings. The fourth-order valence-corrected chi connectivity index (χ4v) is 2.01. The molecule has 0 bridgehead atoms. The number of aromatic carboxylic acids is 1. The molecule has 0 fully saturated rings. The third kappa shape index (κ3) is 3.61. The van der Waals surface area contributed by atoms with Gasteiger partial charge in [-0.05, 0) is 37.3 Å². The summed E-state index contributed by atoms with van der Waals surface area (Å²) in [5.74, 6) is -2.31. The monoisotopic (exact) mass is 328 g/mol. The molecule has 1 amide bonds. The Morgan fingerprint density at radius 1 is 1.04 bits per heavy atom. The van der Waals surface area contributed by atoms with E-state index in [0.717, 1.165) is 18.2 Å². The van der Waals surface area contributed by atoms with E-state index in [0.29, 0.717) is 11.3 Å². The van der Waals surface area contributed by atoms with Gasteiger partial charge >= 0.3 is 5.97 Å². The molecule has 24 heavy (non-hydrogen) atoms. The lowest BCUT2D eigenvalue weighted by Crippen LogP contribution is -2.17. The summed E-state index contributed by atoms with van der Waals surface area (Å²) < 4.78 is 0. The van der Waals surface area contributed by atoms with Crippen molar-refractivity contribution in [2.75, 3.05) is 5.32 Å². The lowest BCUT2D eigenvalue weighted by atomic mass is 10.1. The predicted octanol–water partition coefficient (Wildman–Crippen LogP) is 2.75. The molecule has 0 radical (unpaired) electrons. The van der Waals surface area contributed by atoms with Crippen LogP contribution in [0.15, 0.2) is 42.5 Å². The number of benzene rings is 2. The molecule has 8 nitrogen and oxygen atoms in total. The van der Waals surface area contributed by atoms with Gasteiger partial charge in [0.05, 0.1) is 16.1 Å². The lowest BCUT2D eigenvalue weighted by molar-refractivity contribution is -0.384. The molecule has 0 saturated carbocycles. The Morgan fingerprint density at radius 3 is 2.17 bits per heavy atom. The van der Waals surface area contributed by atoms with Crippen LogP contribution in [0, 0.1) is 10.1 Å². The van der Waals surface area contributed by atoms with Gasteiger partial charge in [0.15, 0.2) is 5.78 Å². The molecule has 2 aromatic carbocycles. The van der Waals surface area contributed by atoms with Crippen molar-refractivity contribution in [1.82, 2.24) is 0 Å². The summed E-state index contributed by atoms with van der Waals surface area (Å²) in [7, 11) is 0. The fraction of sp³-hybridized carbons (Fsp3) is 0.0625. The number of carboxylic acid groups (broad SMARTS) is 1. The predicted molar refractivity (Wildman–Crippen MR) is 84.5 cm³/mol. The number of nitro benzene ring substituents is 1. The van der Waals surface area contributed by atoms with E-state index in [9.17, 15) is 24.5 Å². The standard InChI is InChI=1S/C16H12N2O6/c1-9(19)10-2-4-11(5-3-10)17-15(20)14-8-12(18(23)24)6-7-13(14)16(21)22/h2-8H,1H3,(H,17,20)(H,21,22). The molecule has 0 aliphatic carbocycles. The molecule has 0 spiro atoms. The number of amides is 1. The number of rotatable bonds is 5. The molecule has 2 N–H and O–H groups in total. The van der Waals surface area contributed by atoms with Crippen LogP contribution >= 0.6 is 0 Å². The third-order valence-electron chi connectivity index (χ3n) is 3.24. The second-order valence-electron chi connectivity index (χ2n) is 4.88. The number of nitrogens with zero attached hydrogens (tertiary/aromatic N) is 1. The average Bonchev–Trinajstić information content (AvgIpc) is 2.54. The van der Waals surface area contributed by atoms with Crippen LogP contribution in [-0.2, 0) is 0 Å². The van der Waals surface area contributed by atoms with E-state index in [1.807, 2.05) is 0 Å². The largest absolute Gasteiger partial charge is 0.478 e. The Hall–Kier alpha value is -3.55. The van der Waals surface area contributed by atoms with Crippen LogP contribution in [0.4, 0.5) is 11.4 Å². The quantitative estimate of drug-likeness (QED) is 0.493. The van der Waals surface area contributed by atoms with Crippen LogP contribution < -0.4 is 5.32 Å². The van der Waals surface area contributed by atoms with Crippen molar-refractivity contribution in [1.29, 1.82) is 0 Å². The van der Waals surface area contributed by atoms with Gasteiger partial charge in [-0.25, -0.2) is 4.79 Å². The first-order valence-electron chi connectivity index (χ1n) is 6.73. The van der Waals surface area contributed by atoms with Crippen molar-refractivity contribution in [3.05, 3.63) is 69.3 Å². The molecule has 0 unspecified atom stereocenters. The molecular weight excluding hydrogens is 316 g/mol. The van der Waals surface area contributed by atoms with Crippen LogP contribution in [0.2, 0.25) is 0 Å². The van der Waals surface area contributed by atoms with Gasteiger partial charge in [-0.15, -0.1) is 0 Å². The van der Waals surface area contributed by atoms with Gasteiger partial charge in [-0.2, -0.15) is 0 Å². The van der Waals surface area contributed by atoms with Gasteiger partial charge < -0.3 is 10.4 Å². The van der Waals surface area contributed by atoms with E-state index in [2.05, 4.69) is 5.32 Å². The van der Waals surface area contributed by atoms with Crippen LogP contribution in [-0.4, -0.2) is 27.7 Å². The van der Waals surface area contributed by atoms with Gasteiger partial charge in [0, 0.05) is 23.4 Å². The first-order valence-corrected chi connectivity index (χ1v) is 6.73. The van der Waals surface area contributed by atoms with Gasteiger partial charge in [0.1, 0.15) is 0 Å². The highest BCUT2D eigenvalue weighted by atomic mass is 16.6. The summed E-state index contributed by atoms with van der Waals surface area (Å²) in [6.07, 6.45) is 0. The molecule has 0 saturated heterocycles. The zero-order chi connectivity index (χ0) is 17.9. The Balaban J connectivity index is 2.34. The number of carbonyl (C=O) groups is 3. The molecule has 0 aromatic heterocycles. The minimum absolute atomic E-state index is 0.139. The van der Waals surface area contributed by atoms with Crippen molar-refractivity contribution in [2.24, 2.45) is 0 Å². The molecule has 0 atom stereocenters. The molecular formula is C16H12N2O6. The first-order chi connectivity index (χ1) is 11.3. The maximum Gasteiger partial charge on any atom is 0.336 e. The fourth-order valence-electron chi connectivity index (χ4n) is 2.01. The number of anilines is 1. The number of ketones is 1. The molecule has 2 rings (SSSR count). The Morgan fingerprint density at radius 2 is 1.67 bits per heavy atom. The second kappa shape index (κ2) is 6.69. The number of hydrogen-bond acceptors (Lipinski definition) is 5. The zero-order valence-corrected chi connectivity index (χ0v) is 12.5. The maximum absolute atomic E-state index is 12.3. The van der Waals surface area contributed by atoms with Crippen LogP contribution in [0.5, 0.6) is 0 Å². The Bertz CT molecular complexity index is 842. The molecule has 122 valence electrons. The first kappa shape index (κ1) is 16.8. The number of carboxylic acids is 1. The van der Waals surface area contributed by atoms with Gasteiger partial charge in [0.2, 0.25) is 0 Å². The number of hydrogen-bond donors (Lipinski definition) is 2. The molecule has 8 heteroatoms. The van der Waals surface area contributed by atoms with E-state index in [4.69, 9.17) is 5.11 Å². The maximum atomic E-state index is 12.3. The lowest BCUT2D eigenvalue weighted by Gasteiger charge is -2.08. The van der Waals surface area contributed by atoms with Crippen LogP contribution in [0.3, 0.4) is 0 Å². The number of carbonyl (C=O) groups excluding carboxylic acids is 2. The Kier molecular flexibility index (Phi) is 4.69. The van der Waals surface area contributed by atoms with E-state index >= 15 is 0 Å². The van der Waals surface area contributed by atoms with E-state index < -0.39 is 22.5 Å². The van der Waals surface area contributed by atoms with Crippen molar-refractivity contribution in [2.45, 2.75) is 6.92 Å². The van der Waals surface area contributed by atoms with E-state index in [1.165, 1.54) is 31.2 Å². The second-order valence-corrected chi connectivity index (χ2v) is 4.88. The van der Waals surface area contributed by atoms with Crippen molar-refractivity contribution < 1.29 is 24.4 Å². The highest BCUT2D eigenvalue weighted by Crippen LogP contribution is 2.20. The van der Waals surface area contributed by atoms with Gasteiger partial charge in [0.25, 0.3) is 11.6 Å². The SMILES string of the molecule is CC(=O)c1ccc(NC(=O)c2cc([N+](=O)[O-])ccc2C(=O)O)cc1. The number of non-ortho nitro benzene ring substituents is 1. The highest BCUT2D eigenvalue weighted by molar-refractivity contribution is 6.11. The summed E-state index contributed by atoms with van der Waals surface area (Å²) in [6, 6.07) is 8.89. The summed E-state index contributed by atoms with van der Waals surface area (Å²) in [4.78, 5) is 44.8. The topological polar surface area (TPSA) is 127 Å². The van der Waals surface area contributed by atoms with Gasteiger partial charge in [-0.1, -0.05) is 0 Å². The molecule has 0 aliphatic heterocycles. The summed E-state index contributed by atoms with van der Waals surface area (Å²) >= 11 is 0. The van der Waals surface area contributed by atoms with Crippen LogP contribution in [0.25, 0.3) is 0 Å². The molecule has 0 heterocycles. The average molecular weight is 328 g/mol. The Labute approximate surface area is 135 Å². The molecule has 0 aliphatic rings. The summed E-state index contributed by atoms with van der Waals surface area (Å²) in [5.41, 5.74) is -0.287. The zero-order valence-electron chi connectivity index (χ0n) is 12.5. The van der Waals surface area contributed by atoms with Crippen molar-refractivity contribution >= 4 is 29.0 Å². The third-order valence-corrected chi connectivity index (χ3v) is 3.24. The van der Waals surface area contributed by atoms with E-state index in [-0.39, 0.29) is 16.9 Å². The number of nitrogens with one attached hydrogen (secondary N) is 1. The summed E-state index contributed by atoms with van der Waals surface area (Å²) in [6.45, 7) is 1.40. The normalized spacial score (nSPS) is 10.0. The minimum atomic E-state index is -1.37. The highest BCUT2D eigenvalue weighted by Gasteiger charge is 2.20. The van der Waals surface area contributed by atoms with Crippen molar-refractivity contribution in [3.8, 4) is 0 Å². The summed E-state index contributed by atoms with van der Waals surface area (Å²) in [5, 5.41) is 22.4. The van der Waals surface area contributed by atoms with Gasteiger partial charge in [-0.3, -0.25) is 19.7 Å². The van der Waals surface area contributed by atoms with E-state index in [1.54, 1.807) is 0 Å². The smallest absolute Gasteiger partial charge is 0.336 e. The minimum Gasteiger partial charge on any atom is -0.478 e. The number of nitro groups is 1. The van der Waals surface area contributed by atoms with Crippen LogP contribution in [0.1, 0.15) is 38.0 Å². The number of Topliss-reactive ketones (excluding diaryl/α,β-unsaturated/α-hetero) is 1. The van der Waals surface area contributed by atoms with Crippen molar-refractivity contribution in [3.63, 3.8) is 0 Å².